The molecule has 4 aromatic rings. The molecule has 0 bridgehead atoms. The SMILES string of the molecule is CN(C)CCN(C)C(=O)Oc1ccc(-c2cnc3cccc(-c4cc(F)c(C(O)(O)N5CCSCC5)c(F)c4)c3n2)cn1. The lowest BCUT2D eigenvalue weighted by atomic mass is 9.99. The largest absolute Gasteiger partial charge is 0.416 e. The fraction of sp³-hybridized carbons (Fsp3) is 0.333. The minimum absolute atomic E-state index is 0.123. The highest BCUT2D eigenvalue weighted by Gasteiger charge is 2.40. The van der Waals surface area contributed by atoms with E-state index in [1.165, 1.54) is 16.0 Å². The lowest BCUT2D eigenvalue weighted by Gasteiger charge is -2.37. The van der Waals surface area contributed by atoms with Crippen molar-refractivity contribution in [1.82, 2.24) is 29.7 Å². The molecule has 0 atom stereocenters. The highest BCUT2D eigenvalue weighted by molar-refractivity contribution is 7.99. The van der Waals surface area contributed by atoms with Crippen LogP contribution in [0.25, 0.3) is 33.4 Å². The third-order valence-corrected chi connectivity index (χ3v) is 8.07. The zero-order chi connectivity index (χ0) is 30.7. The van der Waals surface area contributed by atoms with Crippen LogP contribution in [0.5, 0.6) is 5.88 Å². The maximum absolute atomic E-state index is 15.4. The number of rotatable bonds is 8. The van der Waals surface area contributed by atoms with Crippen LogP contribution in [0.1, 0.15) is 5.56 Å². The minimum atomic E-state index is -2.78. The summed E-state index contributed by atoms with van der Waals surface area (Å²) in [6.45, 7) is 1.75. The number of amides is 1. The number of ether oxygens (including phenoxy) is 1. The van der Waals surface area contributed by atoms with Crippen molar-refractivity contribution in [3.63, 3.8) is 0 Å². The van der Waals surface area contributed by atoms with Crippen molar-refractivity contribution in [2.45, 2.75) is 5.91 Å². The van der Waals surface area contributed by atoms with Gasteiger partial charge in [-0.1, -0.05) is 12.1 Å². The van der Waals surface area contributed by atoms with Gasteiger partial charge in [-0.25, -0.2) is 28.4 Å². The molecule has 0 aliphatic carbocycles. The normalized spacial score (nSPS) is 14.3. The van der Waals surface area contributed by atoms with Gasteiger partial charge in [0.2, 0.25) is 5.88 Å². The van der Waals surface area contributed by atoms with Crippen molar-refractivity contribution in [2.24, 2.45) is 0 Å². The van der Waals surface area contributed by atoms with Gasteiger partial charge in [-0.3, -0.25) is 4.98 Å². The van der Waals surface area contributed by atoms with Gasteiger partial charge in [0, 0.05) is 68.1 Å². The molecule has 0 spiro atoms. The Labute approximate surface area is 251 Å². The zero-order valence-electron chi connectivity index (χ0n) is 24.0. The average Bonchev–Trinajstić information content (AvgIpc) is 2.99. The summed E-state index contributed by atoms with van der Waals surface area (Å²) < 4.78 is 36.1. The Morgan fingerprint density at radius 2 is 1.72 bits per heavy atom. The summed E-state index contributed by atoms with van der Waals surface area (Å²) in [7, 11) is 5.47. The third kappa shape index (κ3) is 6.76. The highest BCUT2D eigenvalue weighted by atomic mass is 32.2. The number of para-hydroxylation sites is 1. The molecule has 2 aromatic carbocycles. The summed E-state index contributed by atoms with van der Waals surface area (Å²) in [5.74, 6) is -3.58. The number of hydrogen-bond acceptors (Lipinski definition) is 10. The van der Waals surface area contributed by atoms with E-state index < -0.39 is 29.2 Å². The van der Waals surface area contributed by atoms with E-state index in [1.54, 1.807) is 55.3 Å². The molecule has 2 N–H and O–H groups in total. The lowest BCUT2D eigenvalue weighted by Crippen LogP contribution is -2.50. The lowest BCUT2D eigenvalue weighted by molar-refractivity contribution is -0.276. The van der Waals surface area contributed by atoms with Crippen molar-refractivity contribution in [3.05, 3.63) is 72.1 Å². The van der Waals surface area contributed by atoms with Crippen LogP contribution in [-0.2, 0) is 5.91 Å². The minimum Gasteiger partial charge on any atom is -0.391 e. The fourth-order valence-electron chi connectivity index (χ4n) is 4.69. The zero-order valence-corrected chi connectivity index (χ0v) is 24.8. The average molecular weight is 611 g/mol. The Morgan fingerprint density at radius 3 is 2.37 bits per heavy atom. The molecule has 0 radical (unpaired) electrons. The topological polar surface area (TPSA) is 115 Å². The summed E-state index contributed by atoms with van der Waals surface area (Å²) in [6, 6.07) is 10.5. The van der Waals surface area contributed by atoms with Crippen LogP contribution in [0.4, 0.5) is 13.6 Å². The van der Waals surface area contributed by atoms with Crippen LogP contribution < -0.4 is 4.74 Å². The van der Waals surface area contributed by atoms with E-state index in [9.17, 15) is 15.0 Å². The standard InChI is InChI=1S/C30H32F2N6O4S/c1-36(2)9-10-37(3)29(39)42-26-8-7-19(17-34-26)25-18-33-24-6-4-5-21(28(24)35-25)20-15-22(31)27(23(32)16-20)30(40,41)38-11-13-43-14-12-38/h4-8,15-18,40-41H,9-14H2,1-3H3. The summed E-state index contributed by atoms with van der Waals surface area (Å²) in [4.78, 5) is 30.4. The molecule has 1 saturated heterocycles. The van der Waals surface area contributed by atoms with E-state index in [-0.39, 0.29) is 24.5 Å². The van der Waals surface area contributed by atoms with Gasteiger partial charge in [0.15, 0.2) is 0 Å². The Bertz CT molecular complexity index is 1590. The summed E-state index contributed by atoms with van der Waals surface area (Å²) in [5, 5.41) is 21.5. The maximum Gasteiger partial charge on any atom is 0.416 e. The second-order valence-corrected chi connectivity index (χ2v) is 11.7. The monoisotopic (exact) mass is 610 g/mol. The number of halogens is 2. The number of hydrogen-bond donors (Lipinski definition) is 2. The van der Waals surface area contributed by atoms with Crippen LogP contribution >= 0.6 is 11.8 Å². The molecule has 0 unspecified atom stereocenters. The van der Waals surface area contributed by atoms with E-state index in [2.05, 4.69) is 9.97 Å². The number of aromatic nitrogens is 3. The van der Waals surface area contributed by atoms with Gasteiger partial charge in [0.1, 0.15) is 11.6 Å². The molecule has 1 amide bonds. The van der Waals surface area contributed by atoms with Crippen molar-refractivity contribution in [2.75, 3.05) is 58.8 Å². The first kappa shape index (κ1) is 30.7. The van der Waals surface area contributed by atoms with Crippen LogP contribution in [0, 0.1) is 11.6 Å². The number of fused-ring (bicyclic) bond motifs is 1. The van der Waals surface area contributed by atoms with E-state index in [4.69, 9.17) is 9.72 Å². The predicted molar refractivity (Wildman–Crippen MR) is 160 cm³/mol. The van der Waals surface area contributed by atoms with Crippen molar-refractivity contribution < 1.29 is 28.5 Å². The van der Waals surface area contributed by atoms with Gasteiger partial charge in [0.05, 0.1) is 28.5 Å². The van der Waals surface area contributed by atoms with Crippen molar-refractivity contribution in [1.29, 1.82) is 0 Å². The Morgan fingerprint density at radius 1 is 1.00 bits per heavy atom. The van der Waals surface area contributed by atoms with Gasteiger partial charge in [0.25, 0.3) is 5.91 Å². The molecule has 43 heavy (non-hydrogen) atoms. The summed E-state index contributed by atoms with van der Waals surface area (Å²) in [6.07, 6.45) is 2.52. The third-order valence-electron chi connectivity index (χ3n) is 7.13. The molecule has 5 rings (SSSR count). The quantitative estimate of drug-likeness (QED) is 0.286. The van der Waals surface area contributed by atoms with Crippen LogP contribution in [0.2, 0.25) is 0 Å². The first-order valence-electron chi connectivity index (χ1n) is 13.6. The molecule has 10 nitrogen and oxygen atoms in total. The molecule has 226 valence electrons. The Kier molecular flexibility index (Phi) is 9.18. The molecular weight excluding hydrogens is 578 g/mol. The molecule has 2 aromatic heterocycles. The molecule has 3 heterocycles. The Hall–Kier alpha value is -3.75. The van der Waals surface area contributed by atoms with Gasteiger partial charge in [-0.15, -0.1) is 0 Å². The van der Waals surface area contributed by atoms with Crippen molar-refractivity contribution >= 4 is 28.9 Å². The Balaban J connectivity index is 1.42. The number of benzene rings is 2. The molecule has 0 saturated carbocycles. The number of nitrogens with zero attached hydrogens (tertiary/aromatic N) is 6. The number of thioether (sulfide) groups is 1. The smallest absolute Gasteiger partial charge is 0.391 e. The molecule has 1 fully saturated rings. The molecular formula is C30H32F2N6O4S. The number of carbonyl (C=O) groups excluding carboxylic acids is 1. The van der Waals surface area contributed by atoms with E-state index in [0.29, 0.717) is 52.4 Å². The highest BCUT2D eigenvalue weighted by Crippen LogP contribution is 2.35. The maximum atomic E-state index is 15.4. The number of pyridine rings is 1. The van der Waals surface area contributed by atoms with E-state index in [1.807, 2.05) is 19.0 Å². The summed E-state index contributed by atoms with van der Waals surface area (Å²) >= 11 is 1.63. The number of likely N-dealkylation sites (N-methyl/N-ethyl adjacent to an activating group) is 2. The van der Waals surface area contributed by atoms with Gasteiger partial charge < -0.3 is 24.7 Å². The molecule has 13 heteroatoms. The number of carbonyl (C=O) groups is 1. The van der Waals surface area contributed by atoms with Gasteiger partial charge >= 0.3 is 6.09 Å². The summed E-state index contributed by atoms with van der Waals surface area (Å²) in [5.41, 5.74) is 1.67. The molecule has 1 aliphatic heterocycles. The van der Waals surface area contributed by atoms with Crippen LogP contribution in [0.3, 0.4) is 0 Å². The van der Waals surface area contributed by atoms with Crippen LogP contribution in [-0.4, -0.2) is 105 Å². The van der Waals surface area contributed by atoms with Crippen molar-refractivity contribution in [3.8, 4) is 28.3 Å². The molecule has 1 aliphatic rings. The van der Waals surface area contributed by atoms with Gasteiger partial charge in [-0.2, -0.15) is 11.8 Å². The van der Waals surface area contributed by atoms with E-state index in [0.717, 1.165) is 12.1 Å². The van der Waals surface area contributed by atoms with E-state index >= 15 is 8.78 Å². The second-order valence-electron chi connectivity index (χ2n) is 10.5. The second kappa shape index (κ2) is 12.9. The number of aliphatic hydroxyl groups is 2. The predicted octanol–water partition coefficient (Wildman–Crippen LogP) is 3.77. The first-order chi connectivity index (χ1) is 20.5. The fourth-order valence-corrected chi connectivity index (χ4v) is 5.59. The van der Waals surface area contributed by atoms with Crippen LogP contribution in [0.15, 0.2) is 54.9 Å². The first-order valence-corrected chi connectivity index (χ1v) is 14.8. The van der Waals surface area contributed by atoms with Gasteiger partial charge in [-0.05, 0) is 43.9 Å².